The largest absolute Gasteiger partial charge is 0.462 e. The standard InChI is InChI=1S/C14H18O3/c1-2-3-4-7-10-17-14(16)13-9-6-5-8-12(13)11-15/h3-6,8-9,15H,2,7,10-11H2,1H3/b4-3-. The number of carbonyl (C=O) groups is 1. The maximum atomic E-state index is 11.7. The lowest BCUT2D eigenvalue weighted by molar-refractivity contribution is 0.0508. The molecule has 0 spiro atoms. The van der Waals surface area contributed by atoms with Crippen LogP contribution < -0.4 is 0 Å². The fraction of sp³-hybridized carbons (Fsp3) is 0.357. The molecule has 0 aliphatic carbocycles. The molecule has 0 aliphatic heterocycles. The maximum Gasteiger partial charge on any atom is 0.338 e. The lowest BCUT2D eigenvalue weighted by Gasteiger charge is -2.06. The molecular formula is C14H18O3. The third kappa shape index (κ3) is 4.41. The first-order valence-corrected chi connectivity index (χ1v) is 5.80. The van der Waals surface area contributed by atoms with Crippen LogP contribution >= 0.6 is 0 Å². The van der Waals surface area contributed by atoms with Crippen molar-refractivity contribution in [2.45, 2.75) is 26.4 Å². The van der Waals surface area contributed by atoms with E-state index in [1.165, 1.54) is 0 Å². The Morgan fingerprint density at radius 3 is 2.82 bits per heavy atom. The highest BCUT2D eigenvalue weighted by molar-refractivity contribution is 5.91. The number of benzene rings is 1. The van der Waals surface area contributed by atoms with E-state index >= 15 is 0 Å². The normalized spacial score (nSPS) is 10.7. The third-order valence-corrected chi connectivity index (χ3v) is 2.33. The molecule has 0 amide bonds. The molecular weight excluding hydrogens is 216 g/mol. The Morgan fingerprint density at radius 1 is 1.35 bits per heavy atom. The van der Waals surface area contributed by atoms with Gasteiger partial charge in [0.1, 0.15) is 0 Å². The van der Waals surface area contributed by atoms with Crippen LogP contribution in [0.4, 0.5) is 0 Å². The summed E-state index contributed by atoms with van der Waals surface area (Å²) in [5.41, 5.74) is 1.04. The van der Waals surface area contributed by atoms with Crippen molar-refractivity contribution in [2.75, 3.05) is 6.61 Å². The molecule has 3 heteroatoms. The summed E-state index contributed by atoms with van der Waals surface area (Å²) in [6.45, 7) is 2.27. The summed E-state index contributed by atoms with van der Waals surface area (Å²) in [4.78, 5) is 11.7. The minimum atomic E-state index is -0.375. The summed E-state index contributed by atoms with van der Waals surface area (Å²) in [7, 11) is 0. The predicted octanol–water partition coefficient (Wildman–Crippen LogP) is 2.69. The number of ether oxygens (including phenoxy) is 1. The van der Waals surface area contributed by atoms with Crippen LogP contribution in [0.2, 0.25) is 0 Å². The van der Waals surface area contributed by atoms with Gasteiger partial charge < -0.3 is 9.84 Å². The number of aliphatic hydroxyl groups excluding tert-OH is 1. The van der Waals surface area contributed by atoms with Crippen molar-refractivity contribution in [3.05, 3.63) is 47.5 Å². The second-order valence-electron chi connectivity index (χ2n) is 3.62. The quantitative estimate of drug-likeness (QED) is 0.467. The molecule has 1 rings (SSSR count). The van der Waals surface area contributed by atoms with Crippen molar-refractivity contribution in [3.63, 3.8) is 0 Å². The van der Waals surface area contributed by atoms with E-state index in [1.54, 1.807) is 24.3 Å². The summed E-state index contributed by atoms with van der Waals surface area (Å²) in [5.74, 6) is -0.375. The van der Waals surface area contributed by atoms with E-state index in [4.69, 9.17) is 9.84 Å². The Hall–Kier alpha value is -1.61. The molecule has 0 fully saturated rings. The van der Waals surface area contributed by atoms with Gasteiger partial charge in [0.2, 0.25) is 0 Å². The van der Waals surface area contributed by atoms with Crippen LogP contribution in [0.1, 0.15) is 35.7 Å². The Labute approximate surface area is 102 Å². The van der Waals surface area contributed by atoms with Crippen molar-refractivity contribution >= 4 is 5.97 Å². The summed E-state index contributed by atoms with van der Waals surface area (Å²) >= 11 is 0. The molecule has 17 heavy (non-hydrogen) atoms. The van der Waals surface area contributed by atoms with Gasteiger partial charge in [-0.3, -0.25) is 0 Å². The second kappa shape index (κ2) is 7.63. The lowest BCUT2D eigenvalue weighted by Crippen LogP contribution is -2.09. The highest BCUT2D eigenvalue weighted by Crippen LogP contribution is 2.10. The van der Waals surface area contributed by atoms with Gasteiger partial charge in [0.25, 0.3) is 0 Å². The van der Waals surface area contributed by atoms with Gasteiger partial charge in [0.05, 0.1) is 18.8 Å². The van der Waals surface area contributed by atoms with E-state index in [1.807, 2.05) is 12.2 Å². The Bertz CT molecular complexity index is 383. The van der Waals surface area contributed by atoms with Crippen molar-refractivity contribution in [1.29, 1.82) is 0 Å². The van der Waals surface area contributed by atoms with E-state index < -0.39 is 0 Å². The highest BCUT2D eigenvalue weighted by Gasteiger charge is 2.10. The molecule has 1 aromatic rings. The van der Waals surface area contributed by atoms with Crippen LogP contribution in [0, 0.1) is 0 Å². The first-order valence-electron chi connectivity index (χ1n) is 5.80. The van der Waals surface area contributed by atoms with Crippen LogP contribution in [0.25, 0.3) is 0 Å². The predicted molar refractivity (Wildman–Crippen MR) is 66.7 cm³/mol. The van der Waals surface area contributed by atoms with Crippen LogP contribution in [0.5, 0.6) is 0 Å². The first-order chi connectivity index (χ1) is 8.29. The Kier molecular flexibility index (Phi) is 6.04. The number of aliphatic hydroxyl groups is 1. The molecule has 0 atom stereocenters. The SMILES string of the molecule is CC/C=C\CCOC(=O)c1ccccc1CO. The fourth-order valence-corrected chi connectivity index (χ4v) is 1.44. The van der Waals surface area contributed by atoms with Crippen molar-refractivity contribution in [1.82, 2.24) is 0 Å². The van der Waals surface area contributed by atoms with Crippen LogP contribution in [0.3, 0.4) is 0 Å². The molecule has 0 aliphatic rings. The van der Waals surface area contributed by atoms with Gasteiger partial charge in [-0.05, 0) is 24.5 Å². The monoisotopic (exact) mass is 234 g/mol. The molecule has 0 radical (unpaired) electrons. The van der Waals surface area contributed by atoms with Gasteiger partial charge in [-0.1, -0.05) is 37.3 Å². The molecule has 0 saturated carbocycles. The zero-order valence-corrected chi connectivity index (χ0v) is 10.1. The number of carbonyl (C=O) groups excluding carboxylic acids is 1. The van der Waals surface area contributed by atoms with Gasteiger partial charge in [0, 0.05) is 0 Å². The van der Waals surface area contributed by atoms with E-state index in [0.717, 1.165) is 12.8 Å². The molecule has 0 heterocycles. The summed E-state index contributed by atoms with van der Waals surface area (Å²) in [6, 6.07) is 6.92. The number of esters is 1. The van der Waals surface area contributed by atoms with Crippen LogP contribution in [0.15, 0.2) is 36.4 Å². The first kappa shape index (κ1) is 13.5. The van der Waals surface area contributed by atoms with Gasteiger partial charge in [-0.15, -0.1) is 0 Å². The number of rotatable bonds is 6. The Balaban J connectivity index is 2.49. The Morgan fingerprint density at radius 2 is 2.12 bits per heavy atom. The summed E-state index contributed by atoms with van der Waals surface area (Å²) in [5, 5.41) is 9.09. The number of allylic oxidation sites excluding steroid dienone is 1. The van der Waals surface area contributed by atoms with Crippen molar-refractivity contribution in [3.8, 4) is 0 Å². The molecule has 3 nitrogen and oxygen atoms in total. The number of hydrogen-bond donors (Lipinski definition) is 1. The topological polar surface area (TPSA) is 46.5 Å². The van der Waals surface area contributed by atoms with E-state index in [2.05, 4.69) is 6.92 Å². The minimum Gasteiger partial charge on any atom is -0.462 e. The van der Waals surface area contributed by atoms with E-state index in [-0.39, 0.29) is 12.6 Å². The van der Waals surface area contributed by atoms with Gasteiger partial charge >= 0.3 is 5.97 Å². The summed E-state index contributed by atoms with van der Waals surface area (Å²) in [6.07, 6.45) is 5.74. The molecule has 0 unspecified atom stereocenters. The molecule has 0 aromatic heterocycles. The maximum absolute atomic E-state index is 11.7. The molecule has 1 aromatic carbocycles. The molecule has 0 saturated heterocycles. The molecule has 0 bridgehead atoms. The van der Waals surface area contributed by atoms with Gasteiger partial charge in [0.15, 0.2) is 0 Å². The zero-order chi connectivity index (χ0) is 12.5. The van der Waals surface area contributed by atoms with Crippen LogP contribution in [-0.4, -0.2) is 17.7 Å². The van der Waals surface area contributed by atoms with Crippen LogP contribution in [-0.2, 0) is 11.3 Å². The van der Waals surface area contributed by atoms with Gasteiger partial charge in [-0.2, -0.15) is 0 Å². The minimum absolute atomic E-state index is 0.152. The average molecular weight is 234 g/mol. The van der Waals surface area contributed by atoms with Gasteiger partial charge in [-0.25, -0.2) is 4.79 Å². The smallest absolute Gasteiger partial charge is 0.338 e. The highest BCUT2D eigenvalue weighted by atomic mass is 16.5. The number of hydrogen-bond acceptors (Lipinski definition) is 3. The van der Waals surface area contributed by atoms with E-state index in [9.17, 15) is 4.79 Å². The fourth-order valence-electron chi connectivity index (χ4n) is 1.44. The third-order valence-electron chi connectivity index (χ3n) is 2.33. The van der Waals surface area contributed by atoms with Crippen molar-refractivity contribution < 1.29 is 14.6 Å². The average Bonchev–Trinajstić information content (AvgIpc) is 2.38. The summed E-state index contributed by atoms with van der Waals surface area (Å²) < 4.78 is 5.12. The second-order valence-corrected chi connectivity index (χ2v) is 3.62. The zero-order valence-electron chi connectivity index (χ0n) is 10.1. The molecule has 1 N–H and O–H groups in total. The lowest BCUT2D eigenvalue weighted by atomic mass is 10.1. The molecule has 92 valence electrons. The van der Waals surface area contributed by atoms with Crippen molar-refractivity contribution in [2.24, 2.45) is 0 Å². The van der Waals surface area contributed by atoms with E-state index in [0.29, 0.717) is 17.7 Å².